The zero-order valence-corrected chi connectivity index (χ0v) is 17.7. The summed E-state index contributed by atoms with van der Waals surface area (Å²) in [5.41, 5.74) is 0.858. The Kier molecular flexibility index (Phi) is 6.50. The van der Waals surface area contributed by atoms with Crippen LogP contribution in [0.2, 0.25) is 10.0 Å². The van der Waals surface area contributed by atoms with Gasteiger partial charge in [0.1, 0.15) is 4.90 Å². The van der Waals surface area contributed by atoms with Gasteiger partial charge >= 0.3 is 0 Å². The largest absolute Gasteiger partial charge is 0.336 e. The normalized spacial score (nSPS) is 15.5. The molecule has 9 heteroatoms. The van der Waals surface area contributed by atoms with Gasteiger partial charge in [0.25, 0.3) is 15.9 Å². The van der Waals surface area contributed by atoms with Crippen LogP contribution in [0.5, 0.6) is 0 Å². The molecule has 1 amide bonds. The van der Waals surface area contributed by atoms with Gasteiger partial charge in [-0.3, -0.25) is 9.52 Å². The number of hydrogen-bond donors (Lipinski definition) is 1. The van der Waals surface area contributed by atoms with Crippen LogP contribution in [0.15, 0.2) is 47.4 Å². The lowest BCUT2D eigenvalue weighted by Crippen LogP contribution is -2.48. The van der Waals surface area contributed by atoms with Gasteiger partial charge in [-0.2, -0.15) is 0 Å². The van der Waals surface area contributed by atoms with E-state index in [1.165, 1.54) is 18.2 Å². The molecular weight excluding hydrogens is 421 g/mol. The van der Waals surface area contributed by atoms with Gasteiger partial charge in [0, 0.05) is 42.5 Å². The molecule has 6 nitrogen and oxygen atoms in total. The molecule has 28 heavy (non-hydrogen) atoms. The molecule has 0 radical (unpaired) electrons. The van der Waals surface area contributed by atoms with Gasteiger partial charge in [-0.1, -0.05) is 30.1 Å². The molecule has 1 aliphatic heterocycles. The van der Waals surface area contributed by atoms with Crippen molar-refractivity contribution in [3.63, 3.8) is 0 Å². The number of carbonyl (C=O) groups excluding carboxylic acids is 1. The van der Waals surface area contributed by atoms with Crippen LogP contribution < -0.4 is 4.72 Å². The Hall–Kier alpha value is -1.80. The van der Waals surface area contributed by atoms with E-state index in [-0.39, 0.29) is 20.8 Å². The molecule has 0 atom stereocenters. The topological polar surface area (TPSA) is 69.7 Å². The van der Waals surface area contributed by atoms with Crippen LogP contribution in [-0.2, 0) is 10.0 Å². The summed E-state index contributed by atoms with van der Waals surface area (Å²) < 4.78 is 27.6. The first-order valence-corrected chi connectivity index (χ1v) is 11.1. The van der Waals surface area contributed by atoms with E-state index < -0.39 is 10.0 Å². The minimum absolute atomic E-state index is 0.0527. The van der Waals surface area contributed by atoms with E-state index in [0.29, 0.717) is 24.3 Å². The summed E-state index contributed by atoms with van der Waals surface area (Å²) in [4.78, 5) is 16.6. The minimum atomic E-state index is -3.90. The smallest absolute Gasteiger partial charge is 0.263 e. The Balaban J connectivity index is 1.70. The summed E-state index contributed by atoms with van der Waals surface area (Å²) >= 11 is 11.9. The molecule has 150 valence electrons. The molecular formula is C19H21Cl2N3O3S. The number of halogens is 2. The second-order valence-electron chi connectivity index (χ2n) is 6.48. The summed E-state index contributed by atoms with van der Waals surface area (Å²) in [6.45, 7) is 6.19. The summed E-state index contributed by atoms with van der Waals surface area (Å²) in [5.74, 6) is -0.0527. The van der Waals surface area contributed by atoms with Crippen molar-refractivity contribution in [3.8, 4) is 0 Å². The Morgan fingerprint density at radius 1 is 1.04 bits per heavy atom. The lowest BCUT2D eigenvalue weighted by atomic mass is 10.1. The maximum Gasteiger partial charge on any atom is 0.263 e. The van der Waals surface area contributed by atoms with E-state index in [2.05, 4.69) is 16.5 Å². The highest BCUT2D eigenvalue weighted by molar-refractivity contribution is 7.92. The van der Waals surface area contributed by atoms with Crippen LogP contribution in [0.4, 0.5) is 5.69 Å². The van der Waals surface area contributed by atoms with Crippen molar-refractivity contribution >= 4 is 44.8 Å². The SMILES string of the molecule is CCN1CCN(C(=O)c2ccc(NS(=O)(=O)c3cc(Cl)ccc3Cl)cc2)CC1. The third kappa shape index (κ3) is 4.78. The molecule has 0 aliphatic carbocycles. The van der Waals surface area contributed by atoms with Crippen molar-refractivity contribution < 1.29 is 13.2 Å². The molecule has 0 saturated carbocycles. The Bertz CT molecular complexity index is 957. The first-order chi connectivity index (χ1) is 13.3. The highest BCUT2D eigenvalue weighted by Gasteiger charge is 2.22. The molecule has 0 aromatic heterocycles. The predicted octanol–water partition coefficient (Wildman–Crippen LogP) is 3.57. The maximum atomic E-state index is 12.6. The summed E-state index contributed by atoms with van der Waals surface area (Å²) in [7, 11) is -3.90. The number of amides is 1. The van der Waals surface area contributed by atoms with Crippen molar-refractivity contribution in [2.75, 3.05) is 37.4 Å². The van der Waals surface area contributed by atoms with Crippen LogP contribution in [0.1, 0.15) is 17.3 Å². The van der Waals surface area contributed by atoms with Gasteiger partial charge in [-0.05, 0) is 49.0 Å². The van der Waals surface area contributed by atoms with Crippen molar-refractivity contribution in [2.24, 2.45) is 0 Å². The molecule has 3 rings (SSSR count). The van der Waals surface area contributed by atoms with Gasteiger partial charge in [-0.25, -0.2) is 8.42 Å². The van der Waals surface area contributed by atoms with Crippen molar-refractivity contribution in [2.45, 2.75) is 11.8 Å². The second-order valence-corrected chi connectivity index (χ2v) is 8.98. The average Bonchev–Trinajstić information content (AvgIpc) is 2.69. The molecule has 1 N–H and O–H groups in total. The molecule has 1 saturated heterocycles. The van der Waals surface area contributed by atoms with Crippen LogP contribution in [-0.4, -0.2) is 56.8 Å². The number of likely N-dealkylation sites (N-methyl/N-ethyl adjacent to an activating group) is 1. The highest BCUT2D eigenvalue weighted by Crippen LogP contribution is 2.27. The van der Waals surface area contributed by atoms with E-state index >= 15 is 0 Å². The molecule has 1 aliphatic rings. The van der Waals surface area contributed by atoms with Gasteiger partial charge in [-0.15, -0.1) is 0 Å². The number of anilines is 1. The van der Waals surface area contributed by atoms with Gasteiger partial charge in [0.05, 0.1) is 5.02 Å². The fraction of sp³-hybridized carbons (Fsp3) is 0.316. The quantitative estimate of drug-likeness (QED) is 0.769. The second kappa shape index (κ2) is 8.69. The zero-order chi connectivity index (χ0) is 20.3. The molecule has 0 unspecified atom stereocenters. The predicted molar refractivity (Wildman–Crippen MR) is 112 cm³/mol. The number of hydrogen-bond acceptors (Lipinski definition) is 4. The zero-order valence-electron chi connectivity index (χ0n) is 15.4. The van der Waals surface area contributed by atoms with Gasteiger partial charge in [0.2, 0.25) is 0 Å². The number of benzene rings is 2. The summed E-state index contributed by atoms with van der Waals surface area (Å²) in [6.07, 6.45) is 0. The number of piperazine rings is 1. The number of rotatable bonds is 5. The van der Waals surface area contributed by atoms with Crippen LogP contribution >= 0.6 is 23.2 Å². The Morgan fingerprint density at radius 3 is 2.29 bits per heavy atom. The Morgan fingerprint density at radius 2 is 1.68 bits per heavy atom. The number of nitrogens with one attached hydrogen (secondary N) is 1. The molecule has 2 aromatic carbocycles. The molecule has 1 fully saturated rings. The molecule has 1 heterocycles. The molecule has 0 spiro atoms. The van der Waals surface area contributed by atoms with E-state index in [4.69, 9.17) is 23.2 Å². The van der Waals surface area contributed by atoms with Gasteiger partial charge < -0.3 is 9.80 Å². The summed E-state index contributed by atoms with van der Waals surface area (Å²) in [6, 6.07) is 10.6. The third-order valence-corrected chi connectivity index (χ3v) is 6.77. The van der Waals surface area contributed by atoms with Crippen LogP contribution in [0.3, 0.4) is 0 Å². The van der Waals surface area contributed by atoms with Crippen LogP contribution in [0.25, 0.3) is 0 Å². The van der Waals surface area contributed by atoms with E-state index in [1.807, 2.05) is 4.90 Å². The fourth-order valence-corrected chi connectivity index (χ4v) is 4.85. The third-order valence-electron chi connectivity index (χ3n) is 4.67. The van der Waals surface area contributed by atoms with Crippen LogP contribution in [0, 0.1) is 0 Å². The lowest BCUT2D eigenvalue weighted by Gasteiger charge is -2.34. The minimum Gasteiger partial charge on any atom is -0.336 e. The van der Waals surface area contributed by atoms with E-state index in [1.54, 1.807) is 24.3 Å². The van der Waals surface area contributed by atoms with E-state index in [9.17, 15) is 13.2 Å². The van der Waals surface area contributed by atoms with Crippen molar-refractivity contribution in [3.05, 3.63) is 58.1 Å². The first-order valence-electron chi connectivity index (χ1n) is 8.89. The average molecular weight is 442 g/mol. The number of sulfonamides is 1. The Labute approximate surface area is 175 Å². The standard InChI is InChI=1S/C19H21Cl2N3O3S/c1-2-23-9-11-24(12-10-23)19(25)14-3-6-16(7-4-14)22-28(26,27)18-13-15(20)5-8-17(18)21/h3-8,13,22H,2,9-12H2,1H3. The maximum absolute atomic E-state index is 12.6. The first kappa shape index (κ1) is 20.9. The van der Waals surface area contributed by atoms with Gasteiger partial charge in [0.15, 0.2) is 0 Å². The monoisotopic (exact) mass is 441 g/mol. The molecule has 0 bridgehead atoms. The summed E-state index contributed by atoms with van der Waals surface area (Å²) in [5, 5.41) is 0.351. The molecule has 2 aromatic rings. The van der Waals surface area contributed by atoms with Crippen molar-refractivity contribution in [1.82, 2.24) is 9.80 Å². The lowest BCUT2D eigenvalue weighted by molar-refractivity contribution is 0.0643. The van der Waals surface area contributed by atoms with Crippen molar-refractivity contribution in [1.29, 1.82) is 0 Å². The number of nitrogens with zero attached hydrogens (tertiary/aromatic N) is 2. The highest BCUT2D eigenvalue weighted by atomic mass is 35.5. The number of carbonyl (C=O) groups is 1. The fourth-order valence-electron chi connectivity index (χ4n) is 3.02. The van der Waals surface area contributed by atoms with E-state index in [0.717, 1.165) is 19.6 Å².